The molecule has 4 aromatic rings. The average molecular weight is 477 g/mol. The van der Waals surface area contributed by atoms with Crippen LogP contribution in [0.3, 0.4) is 0 Å². The van der Waals surface area contributed by atoms with Crippen molar-refractivity contribution in [1.29, 1.82) is 0 Å². The Bertz CT molecular complexity index is 1060. The van der Waals surface area contributed by atoms with Gasteiger partial charge in [0.25, 0.3) is 5.91 Å². The van der Waals surface area contributed by atoms with Gasteiger partial charge in [0.15, 0.2) is 5.65 Å². The fraction of sp³-hybridized carbons (Fsp3) is 0. The number of hydrogen-bond acceptors (Lipinski definition) is 3. The fourth-order valence-corrected chi connectivity index (χ4v) is 4.53. The van der Waals surface area contributed by atoms with Gasteiger partial charge in [0.1, 0.15) is 11.5 Å². The summed E-state index contributed by atoms with van der Waals surface area (Å²) in [6.45, 7) is 0. The number of pyridine rings is 1. The van der Waals surface area contributed by atoms with Gasteiger partial charge in [-0.25, -0.2) is 4.98 Å². The maximum atomic E-state index is 12.7. The lowest BCUT2D eigenvalue weighted by Crippen LogP contribution is -2.13. The van der Waals surface area contributed by atoms with E-state index in [1.807, 2.05) is 52.4 Å². The molecule has 1 amide bonds. The summed E-state index contributed by atoms with van der Waals surface area (Å²) in [5, 5.41) is 5.01. The SMILES string of the molecule is O=C(Nc1c(-c2cccs2)nc2c(Br)cc(Br)cn12)c1ccccc1. The molecule has 7 heteroatoms. The third kappa shape index (κ3) is 3.15. The molecule has 3 heterocycles. The van der Waals surface area contributed by atoms with Crippen LogP contribution in [0.4, 0.5) is 5.82 Å². The lowest BCUT2D eigenvalue weighted by molar-refractivity contribution is 0.102. The summed E-state index contributed by atoms with van der Waals surface area (Å²) in [5.74, 6) is 0.476. The van der Waals surface area contributed by atoms with Crippen LogP contribution in [0.25, 0.3) is 16.2 Å². The highest BCUT2D eigenvalue weighted by molar-refractivity contribution is 9.11. The molecule has 0 saturated carbocycles. The number of aromatic nitrogens is 2. The van der Waals surface area contributed by atoms with E-state index in [9.17, 15) is 4.79 Å². The molecule has 0 aliphatic carbocycles. The van der Waals surface area contributed by atoms with Crippen molar-refractivity contribution < 1.29 is 4.79 Å². The van der Waals surface area contributed by atoms with Gasteiger partial charge >= 0.3 is 0 Å². The highest BCUT2D eigenvalue weighted by atomic mass is 79.9. The van der Waals surface area contributed by atoms with Crippen LogP contribution in [-0.4, -0.2) is 15.3 Å². The standard InChI is InChI=1S/C18H11Br2N3OS/c19-12-9-13(20)16-21-15(14-7-4-8-25-14)17(23(16)10-12)22-18(24)11-5-2-1-3-6-11/h1-10H,(H,22,24). The molecule has 0 bridgehead atoms. The molecular weight excluding hydrogens is 466 g/mol. The highest BCUT2D eigenvalue weighted by Crippen LogP contribution is 2.35. The number of fused-ring (bicyclic) bond motifs is 1. The molecular formula is C18H11Br2N3OS. The minimum atomic E-state index is -0.170. The van der Waals surface area contributed by atoms with E-state index in [0.29, 0.717) is 11.4 Å². The van der Waals surface area contributed by atoms with Gasteiger partial charge in [0.2, 0.25) is 0 Å². The number of nitrogens with one attached hydrogen (secondary N) is 1. The van der Waals surface area contributed by atoms with Gasteiger partial charge in [0, 0.05) is 16.2 Å². The van der Waals surface area contributed by atoms with Crippen molar-refractivity contribution in [3.63, 3.8) is 0 Å². The number of nitrogens with zero attached hydrogens (tertiary/aromatic N) is 2. The minimum Gasteiger partial charge on any atom is -0.306 e. The molecule has 0 spiro atoms. The summed E-state index contributed by atoms with van der Waals surface area (Å²) in [7, 11) is 0. The van der Waals surface area contributed by atoms with Crippen molar-refractivity contribution >= 4 is 60.6 Å². The molecule has 0 unspecified atom stereocenters. The number of carbonyl (C=O) groups excluding carboxylic acids is 1. The molecule has 25 heavy (non-hydrogen) atoms. The van der Waals surface area contributed by atoms with Gasteiger partial charge in [-0.3, -0.25) is 9.20 Å². The Morgan fingerprint density at radius 3 is 2.64 bits per heavy atom. The van der Waals surface area contributed by atoms with Crippen LogP contribution < -0.4 is 5.32 Å². The van der Waals surface area contributed by atoms with Gasteiger partial charge in [-0.05, 0) is 61.5 Å². The van der Waals surface area contributed by atoms with Crippen molar-refractivity contribution in [3.8, 4) is 10.6 Å². The molecule has 0 saturated heterocycles. The molecule has 3 aromatic heterocycles. The second-order valence-electron chi connectivity index (χ2n) is 5.31. The van der Waals surface area contributed by atoms with Crippen molar-refractivity contribution in [2.24, 2.45) is 0 Å². The maximum absolute atomic E-state index is 12.7. The zero-order valence-corrected chi connectivity index (χ0v) is 16.7. The van der Waals surface area contributed by atoms with Crippen molar-refractivity contribution in [2.45, 2.75) is 0 Å². The van der Waals surface area contributed by atoms with E-state index in [0.717, 1.165) is 25.2 Å². The summed E-state index contributed by atoms with van der Waals surface area (Å²) in [6.07, 6.45) is 1.89. The van der Waals surface area contributed by atoms with Crippen LogP contribution in [-0.2, 0) is 0 Å². The molecule has 4 rings (SSSR count). The normalized spacial score (nSPS) is 11.0. The van der Waals surface area contributed by atoms with Crippen LogP contribution in [0.5, 0.6) is 0 Å². The number of carbonyl (C=O) groups is 1. The number of thiophene rings is 1. The van der Waals surface area contributed by atoms with E-state index >= 15 is 0 Å². The highest BCUT2D eigenvalue weighted by Gasteiger charge is 2.19. The van der Waals surface area contributed by atoms with Crippen LogP contribution in [0.2, 0.25) is 0 Å². The Kier molecular flexibility index (Phi) is 4.45. The second-order valence-corrected chi connectivity index (χ2v) is 8.02. The first-order valence-corrected chi connectivity index (χ1v) is 9.87. The summed E-state index contributed by atoms with van der Waals surface area (Å²) >= 11 is 8.63. The van der Waals surface area contributed by atoms with Crippen molar-refractivity contribution in [2.75, 3.05) is 5.32 Å². The van der Waals surface area contributed by atoms with E-state index in [1.165, 1.54) is 0 Å². The quantitative estimate of drug-likeness (QED) is 0.403. The zero-order valence-electron chi connectivity index (χ0n) is 12.7. The van der Waals surface area contributed by atoms with Crippen LogP contribution >= 0.6 is 43.2 Å². The topological polar surface area (TPSA) is 46.4 Å². The van der Waals surface area contributed by atoms with Crippen LogP contribution in [0, 0.1) is 0 Å². The Hall–Kier alpha value is -1.96. The minimum absolute atomic E-state index is 0.170. The summed E-state index contributed by atoms with van der Waals surface area (Å²) in [6, 6.07) is 15.0. The van der Waals surface area contributed by atoms with Gasteiger partial charge in [-0.1, -0.05) is 24.3 Å². The number of benzene rings is 1. The van der Waals surface area contributed by atoms with E-state index in [4.69, 9.17) is 4.98 Å². The third-order valence-corrected chi connectivity index (χ3v) is 5.56. The first kappa shape index (κ1) is 16.5. The van der Waals surface area contributed by atoms with E-state index in [2.05, 4.69) is 37.2 Å². The Balaban J connectivity index is 1.88. The molecule has 0 radical (unpaired) electrons. The number of amides is 1. The average Bonchev–Trinajstić information content (AvgIpc) is 3.24. The van der Waals surface area contributed by atoms with Gasteiger partial charge < -0.3 is 5.32 Å². The van der Waals surface area contributed by atoms with Gasteiger partial charge in [-0.2, -0.15) is 0 Å². The number of halogens is 2. The maximum Gasteiger partial charge on any atom is 0.256 e. The number of anilines is 1. The predicted octanol–water partition coefficient (Wildman–Crippen LogP) is 5.84. The molecule has 4 nitrogen and oxygen atoms in total. The Morgan fingerprint density at radius 2 is 1.92 bits per heavy atom. The largest absolute Gasteiger partial charge is 0.306 e. The smallest absolute Gasteiger partial charge is 0.256 e. The molecule has 1 N–H and O–H groups in total. The summed E-state index contributed by atoms with van der Waals surface area (Å²) in [5.41, 5.74) is 2.09. The summed E-state index contributed by atoms with van der Waals surface area (Å²) in [4.78, 5) is 18.4. The Morgan fingerprint density at radius 1 is 1.12 bits per heavy atom. The monoisotopic (exact) mass is 475 g/mol. The van der Waals surface area contributed by atoms with Crippen molar-refractivity contribution in [3.05, 3.63) is 74.6 Å². The van der Waals surface area contributed by atoms with E-state index < -0.39 is 0 Å². The van der Waals surface area contributed by atoms with Crippen LogP contribution in [0.15, 0.2) is 69.1 Å². The fourth-order valence-electron chi connectivity index (χ4n) is 2.55. The molecule has 0 aliphatic heterocycles. The molecule has 124 valence electrons. The van der Waals surface area contributed by atoms with Gasteiger partial charge in [-0.15, -0.1) is 11.3 Å². The van der Waals surface area contributed by atoms with Crippen LogP contribution in [0.1, 0.15) is 10.4 Å². The number of hydrogen-bond donors (Lipinski definition) is 1. The number of imidazole rings is 1. The molecule has 0 atom stereocenters. The first-order valence-electron chi connectivity index (χ1n) is 7.41. The molecule has 0 aliphatic rings. The molecule has 1 aromatic carbocycles. The molecule has 0 fully saturated rings. The Labute approximate surface area is 164 Å². The third-order valence-electron chi connectivity index (χ3n) is 3.66. The summed E-state index contributed by atoms with van der Waals surface area (Å²) < 4.78 is 3.61. The predicted molar refractivity (Wildman–Crippen MR) is 108 cm³/mol. The van der Waals surface area contributed by atoms with E-state index in [-0.39, 0.29) is 5.91 Å². The van der Waals surface area contributed by atoms with E-state index in [1.54, 1.807) is 23.5 Å². The van der Waals surface area contributed by atoms with Crippen molar-refractivity contribution in [1.82, 2.24) is 9.38 Å². The second kappa shape index (κ2) is 6.74. The first-order chi connectivity index (χ1) is 12.1. The number of rotatable bonds is 3. The lowest BCUT2D eigenvalue weighted by Gasteiger charge is -2.08. The lowest BCUT2D eigenvalue weighted by atomic mass is 10.2. The van der Waals surface area contributed by atoms with Gasteiger partial charge in [0.05, 0.1) is 9.35 Å². The zero-order chi connectivity index (χ0) is 17.4.